The Balaban J connectivity index is 2.09. The molecule has 1 unspecified atom stereocenters. The minimum Gasteiger partial charge on any atom is -0.397 e. The van der Waals surface area contributed by atoms with Crippen molar-refractivity contribution in [3.05, 3.63) is 23.2 Å². The van der Waals surface area contributed by atoms with E-state index in [9.17, 15) is 9.00 Å². The maximum atomic E-state index is 12.0. The molecule has 0 aromatic carbocycles. The highest BCUT2D eigenvalue weighted by Crippen LogP contribution is 2.31. The van der Waals surface area contributed by atoms with Gasteiger partial charge in [0.25, 0.3) is 5.91 Å². The van der Waals surface area contributed by atoms with Crippen LogP contribution in [0.15, 0.2) is 18.3 Å². The molecule has 0 radical (unpaired) electrons. The molecule has 2 aromatic heterocycles. The summed E-state index contributed by atoms with van der Waals surface area (Å²) in [6, 6.07) is 3.63. The number of nitrogens with zero attached hydrogens (tertiary/aromatic N) is 1. The molecular weight excluding hydrogens is 282 g/mol. The predicted molar refractivity (Wildman–Crippen MR) is 79.9 cm³/mol. The van der Waals surface area contributed by atoms with E-state index in [0.717, 1.165) is 10.2 Å². The van der Waals surface area contributed by atoms with E-state index in [1.54, 1.807) is 12.3 Å². The number of carbonyl (C=O) groups excluding carboxylic acids is 1. The quantitative estimate of drug-likeness (QED) is 0.873. The van der Waals surface area contributed by atoms with Crippen LogP contribution in [0.4, 0.5) is 5.69 Å². The van der Waals surface area contributed by atoms with Gasteiger partial charge in [-0.2, -0.15) is 0 Å². The van der Waals surface area contributed by atoms with Crippen molar-refractivity contribution in [2.75, 3.05) is 23.8 Å². The van der Waals surface area contributed by atoms with Crippen molar-refractivity contribution >= 4 is 43.9 Å². The second-order valence-electron chi connectivity index (χ2n) is 3.89. The third-order valence-corrected chi connectivity index (χ3v) is 5.08. The Morgan fingerprint density at radius 2 is 2.37 bits per heavy atom. The third kappa shape index (κ3) is 3.10. The fourth-order valence-electron chi connectivity index (χ4n) is 1.62. The Morgan fingerprint density at radius 1 is 1.58 bits per heavy atom. The number of carbonyl (C=O) groups is 1. The SMILES string of the molecule is CCS(=O)CCNC(=O)c1sc2ncccc2c1N. The first kappa shape index (κ1) is 14.0. The van der Waals surface area contributed by atoms with Crippen LogP contribution >= 0.6 is 11.3 Å². The molecule has 19 heavy (non-hydrogen) atoms. The molecule has 0 fully saturated rings. The van der Waals surface area contributed by atoms with Crippen LogP contribution < -0.4 is 11.1 Å². The highest BCUT2D eigenvalue weighted by atomic mass is 32.2. The fraction of sp³-hybridized carbons (Fsp3) is 0.333. The number of hydrogen-bond acceptors (Lipinski definition) is 5. The molecule has 0 spiro atoms. The van der Waals surface area contributed by atoms with Crippen LogP contribution in [0.2, 0.25) is 0 Å². The van der Waals surface area contributed by atoms with E-state index in [1.807, 2.05) is 13.0 Å². The summed E-state index contributed by atoms with van der Waals surface area (Å²) in [6.45, 7) is 2.24. The monoisotopic (exact) mass is 297 g/mol. The summed E-state index contributed by atoms with van der Waals surface area (Å²) >= 11 is 1.27. The highest BCUT2D eigenvalue weighted by molar-refractivity contribution is 7.84. The van der Waals surface area contributed by atoms with Gasteiger partial charge in [0.05, 0.1) is 5.69 Å². The summed E-state index contributed by atoms with van der Waals surface area (Å²) in [5.74, 6) is 0.837. The largest absolute Gasteiger partial charge is 0.397 e. The molecule has 0 saturated heterocycles. The summed E-state index contributed by atoms with van der Waals surface area (Å²) in [4.78, 5) is 17.4. The van der Waals surface area contributed by atoms with Crippen molar-refractivity contribution in [2.45, 2.75) is 6.92 Å². The molecule has 2 rings (SSSR count). The predicted octanol–water partition coefficient (Wildman–Crippen LogP) is 1.38. The second-order valence-corrected chi connectivity index (χ2v) is 6.75. The molecule has 3 N–H and O–H groups in total. The molecule has 102 valence electrons. The Hall–Kier alpha value is -1.47. The van der Waals surface area contributed by atoms with Crippen molar-refractivity contribution in [3.63, 3.8) is 0 Å². The summed E-state index contributed by atoms with van der Waals surface area (Å²) in [7, 11) is -0.875. The zero-order valence-electron chi connectivity index (χ0n) is 10.5. The van der Waals surface area contributed by atoms with E-state index >= 15 is 0 Å². The smallest absolute Gasteiger partial charge is 0.263 e. The van der Waals surface area contributed by atoms with Crippen LogP contribution in [0.1, 0.15) is 16.6 Å². The van der Waals surface area contributed by atoms with Gasteiger partial charge in [-0.15, -0.1) is 11.3 Å². The number of amides is 1. The molecule has 1 amide bonds. The molecule has 0 saturated carbocycles. The third-order valence-electron chi connectivity index (χ3n) is 2.65. The van der Waals surface area contributed by atoms with Gasteiger partial charge in [0.2, 0.25) is 0 Å². The first-order valence-electron chi connectivity index (χ1n) is 5.89. The van der Waals surface area contributed by atoms with Gasteiger partial charge >= 0.3 is 0 Å². The minimum atomic E-state index is -0.875. The van der Waals surface area contributed by atoms with Crippen molar-refractivity contribution in [1.82, 2.24) is 10.3 Å². The van der Waals surface area contributed by atoms with E-state index in [-0.39, 0.29) is 5.91 Å². The van der Waals surface area contributed by atoms with Crippen LogP contribution in [0.25, 0.3) is 10.2 Å². The van der Waals surface area contributed by atoms with Gasteiger partial charge < -0.3 is 11.1 Å². The number of fused-ring (bicyclic) bond motifs is 1. The lowest BCUT2D eigenvalue weighted by Gasteiger charge is -2.03. The fourth-order valence-corrected chi connectivity index (χ4v) is 3.22. The number of aromatic nitrogens is 1. The molecule has 2 heterocycles. The Bertz CT molecular complexity index is 624. The molecule has 5 nitrogen and oxygen atoms in total. The molecule has 0 aliphatic heterocycles. The average molecular weight is 297 g/mol. The zero-order valence-corrected chi connectivity index (χ0v) is 12.1. The van der Waals surface area contributed by atoms with Gasteiger partial charge in [0.15, 0.2) is 0 Å². The lowest BCUT2D eigenvalue weighted by Crippen LogP contribution is -2.27. The molecule has 1 atom stereocenters. The van der Waals surface area contributed by atoms with Gasteiger partial charge in [-0.25, -0.2) is 4.98 Å². The van der Waals surface area contributed by atoms with E-state index < -0.39 is 10.8 Å². The van der Waals surface area contributed by atoms with Crippen LogP contribution in [0.3, 0.4) is 0 Å². The number of hydrogen-bond donors (Lipinski definition) is 2. The van der Waals surface area contributed by atoms with Crippen molar-refractivity contribution < 1.29 is 9.00 Å². The van der Waals surface area contributed by atoms with Crippen molar-refractivity contribution in [1.29, 1.82) is 0 Å². The number of nitrogens with one attached hydrogen (secondary N) is 1. The average Bonchev–Trinajstić information content (AvgIpc) is 2.76. The highest BCUT2D eigenvalue weighted by Gasteiger charge is 2.16. The van der Waals surface area contributed by atoms with Crippen LogP contribution in [0.5, 0.6) is 0 Å². The van der Waals surface area contributed by atoms with Crippen LogP contribution in [-0.2, 0) is 10.8 Å². The van der Waals surface area contributed by atoms with Crippen LogP contribution in [0, 0.1) is 0 Å². The number of pyridine rings is 1. The molecule has 0 aliphatic rings. The topological polar surface area (TPSA) is 85.1 Å². The lowest BCUT2D eigenvalue weighted by atomic mass is 10.2. The van der Waals surface area contributed by atoms with Gasteiger partial charge in [0, 0.05) is 40.4 Å². The Labute approximate surface area is 117 Å². The Kier molecular flexibility index (Phi) is 4.49. The number of thiophene rings is 1. The summed E-state index contributed by atoms with van der Waals surface area (Å²) in [5, 5.41) is 3.54. The molecular formula is C12H15N3O2S2. The van der Waals surface area contributed by atoms with E-state index in [0.29, 0.717) is 28.6 Å². The maximum absolute atomic E-state index is 12.0. The first-order valence-corrected chi connectivity index (χ1v) is 8.20. The van der Waals surface area contributed by atoms with Crippen molar-refractivity contribution in [2.24, 2.45) is 0 Å². The maximum Gasteiger partial charge on any atom is 0.263 e. The first-order chi connectivity index (χ1) is 9.13. The molecule has 0 bridgehead atoms. The van der Waals surface area contributed by atoms with Crippen molar-refractivity contribution in [3.8, 4) is 0 Å². The molecule has 7 heteroatoms. The summed E-state index contributed by atoms with van der Waals surface area (Å²) in [5.41, 5.74) is 6.41. The zero-order chi connectivity index (χ0) is 13.8. The van der Waals surface area contributed by atoms with Gasteiger partial charge in [0.1, 0.15) is 9.71 Å². The van der Waals surface area contributed by atoms with Gasteiger partial charge in [-0.3, -0.25) is 9.00 Å². The van der Waals surface area contributed by atoms with E-state index in [2.05, 4.69) is 10.3 Å². The summed E-state index contributed by atoms with van der Waals surface area (Å²) in [6.07, 6.45) is 1.67. The van der Waals surface area contributed by atoms with Crippen LogP contribution in [-0.4, -0.2) is 33.2 Å². The van der Waals surface area contributed by atoms with Gasteiger partial charge in [-0.05, 0) is 12.1 Å². The second kappa shape index (κ2) is 6.12. The standard InChI is InChI=1S/C12H15N3O2S2/c1-2-19(17)7-6-14-11(16)10-9(13)8-4-3-5-15-12(8)18-10/h3-5H,2,6-7,13H2,1H3,(H,14,16). The number of rotatable bonds is 5. The number of anilines is 1. The van der Waals surface area contributed by atoms with E-state index in [1.165, 1.54) is 11.3 Å². The normalized spacial score (nSPS) is 12.5. The van der Waals surface area contributed by atoms with E-state index in [4.69, 9.17) is 5.73 Å². The minimum absolute atomic E-state index is 0.228. The molecule has 2 aromatic rings. The molecule has 0 aliphatic carbocycles. The number of nitrogens with two attached hydrogens (primary N) is 1. The Morgan fingerprint density at radius 3 is 3.05 bits per heavy atom. The number of nitrogen functional groups attached to an aromatic ring is 1. The lowest BCUT2D eigenvalue weighted by molar-refractivity contribution is 0.0961. The van der Waals surface area contributed by atoms with Gasteiger partial charge in [-0.1, -0.05) is 6.92 Å². The summed E-state index contributed by atoms with van der Waals surface area (Å²) < 4.78 is 11.3.